The molecule has 0 atom stereocenters. The van der Waals surface area contributed by atoms with Crippen molar-refractivity contribution in [1.29, 1.82) is 0 Å². The molecule has 0 saturated carbocycles. The van der Waals surface area contributed by atoms with E-state index in [1.54, 1.807) is 6.20 Å². The zero-order chi connectivity index (χ0) is 11.8. The number of hydrogen-bond acceptors (Lipinski definition) is 3. The molecule has 1 heterocycles. The molecule has 1 aromatic carbocycles. The highest BCUT2D eigenvalue weighted by molar-refractivity contribution is 5.73. The molecule has 0 spiro atoms. The third-order valence-corrected chi connectivity index (χ3v) is 3.01. The first-order valence-corrected chi connectivity index (χ1v) is 5.43. The zero-order valence-electron chi connectivity index (χ0n) is 9.05. The largest absolute Gasteiger partial charge is 0.481 e. The molecule has 3 rings (SSSR count). The van der Waals surface area contributed by atoms with E-state index in [0.29, 0.717) is 6.42 Å². The number of carbonyl (C=O) groups is 1. The molecular weight excluding hydrogens is 216 g/mol. The molecule has 4 nitrogen and oxygen atoms in total. The third-order valence-electron chi connectivity index (χ3n) is 3.01. The molecule has 0 unspecified atom stereocenters. The molecule has 4 heteroatoms. The summed E-state index contributed by atoms with van der Waals surface area (Å²) in [4.78, 5) is 10.7. The van der Waals surface area contributed by atoms with Gasteiger partial charge < -0.3 is 5.11 Å². The summed E-state index contributed by atoms with van der Waals surface area (Å²) in [6.07, 6.45) is 8.35. The lowest BCUT2D eigenvalue weighted by molar-refractivity contribution is -0.136. The average Bonchev–Trinajstić information content (AvgIpc) is 2.90. The fourth-order valence-corrected chi connectivity index (χ4v) is 2.24. The monoisotopic (exact) mass is 226 g/mol. The number of allylic oxidation sites excluding steroid dienone is 1. The first-order chi connectivity index (χ1) is 8.25. The Hall–Kier alpha value is -2.23. The highest BCUT2D eigenvalue weighted by atomic mass is 16.4. The van der Waals surface area contributed by atoms with Crippen LogP contribution in [0.1, 0.15) is 17.5 Å². The number of rotatable bonds is 3. The van der Waals surface area contributed by atoms with Gasteiger partial charge >= 0.3 is 5.97 Å². The Bertz CT molecular complexity index is 684. The molecule has 1 aliphatic carbocycles. The van der Waals surface area contributed by atoms with Crippen LogP contribution < -0.4 is 10.4 Å². The van der Waals surface area contributed by atoms with Gasteiger partial charge in [0.15, 0.2) is 0 Å². The van der Waals surface area contributed by atoms with Crippen molar-refractivity contribution >= 4 is 30.0 Å². The van der Waals surface area contributed by atoms with Gasteiger partial charge in [0.25, 0.3) is 0 Å². The maximum Gasteiger partial charge on any atom is 0.303 e. The van der Waals surface area contributed by atoms with Crippen LogP contribution in [0.4, 0.5) is 5.69 Å². The molecule has 0 fully saturated rings. The van der Waals surface area contributed by atoms with Gasteiger partial charge in [-0.15, -0.1) is 0 Å². The number of fused-ring (bicyclic) bond motifs is 2. The molecule has 84 valence electrons. The molecule has 2 aliphatic rings. The summed E-state index contributed by atoms with van der Waals surface area (Å²) in [5.41, 5.74) is 2.98. The molecule has 0 amide bonds. The van der Waals surface area contributed by atoms with Gasteiger partial charge in [-0.2, -0.15) is 10.2 Å². The van der Waals surface area contributed by atoms with Crippen LogP contribution in [-0.2, 0) is 11.2 Å². The van der Waals surface area contributed by atoms with E-state index < -0.39 is 5.97 Å². The molecule has 0 radical (unpaired) electrons. The number of hydrogen-bond donors (Lipinski definition) is 1. The number of carboxylic acids is 1. The van der Waals surface area contributed by atoms with Gasteiger partial charge in [-0.1, -0.05) is 18.2 Å². The Morgan fingerprint density at radius 3 is 3.12 bits per heavy atom. The average molecular weight is 226 g/mol. The van der Waals surface area contributed by atoms with E-state index in [-0.39, 0.29) is 6.42 Å². The van der Waals surface area contributed by atoms with E-state index in [4.69, 9.17) is 5.11 Å². The Morgan fingerprint density at radius 1 is 1.41 bits per heavy atom. The molecule has 1 aliphatic heterocycles. The molecule has 1 aromatic rings. The Morgan fingerprint density at radius 2 is 2.29 bits per heavy atom. The van der Waals surface area contributed by atoms with Crippen LogP contribution in [0.3, 0.4) is 0 Å². The molecular formula is C13H10N2O2. The third kappa shape index (κ3) is 1.58. The number of benzene rings is 1. The number of aliphatic carboxylic acids is 1. The maximum absolute atomic E-state index is 10.7. The quantitative estimate of drug-likeness (QED) is 0.845. The van der Waals surface area contributed by atoms with Crippen molar-refractivity contribution in [2.75, 3.05) is 0 Å². The van der Waals surface area contributed by atoms with Crippen molar-refractivity contribution in [2.45, 2.75) is 12.8 Å². The van der Waals surface area contributed by atoms with Crippen molar-refractivity contribution in [3.8, 4) is 0 Å². The predicted molar refractivity (Wildman–Crippen MR) is 64.1 cm³/mol. The van der Waals surface area contributed by atoms with Gasteiger partial charge in [0.2, 0.25) is 0 Å². The van der Waals surface area contributed by atoms with E-state index in [1.807, 2.05) is 24.3 Å². The number of azo groups is 1. The lowest BCUT2D eigenvalue weighted by Crippen LogP contribution is -2.19. The van der Waals surface area contributed by atoms with E-state index >= 15 is 0 Å². The summed E-state index contributed by atoms with van der Waals surface area (Å²) in [5.74, 6) is -0.783. The Kier molecular flexibility index (Phi) is 2.14. The minimum Gasteiger partial charge on any atom is -0.481 e. The summed E-state index contributed by atoms with van der Waals surface area (Å²) in [6.45, 7) is 0. The first kappa shape index (κ1) is 9.96. The molecule has 0 saturated heterocycles. The zero-order valence-corrected chi connectivity index (χ0v) is 9.05. The Balaban J connectivity index is 2.17. The van der Waals surface area contributed by atoms with Crippen LogP contribution in [0.15, 0.2) is 22.4 Å². The van der Waals surface area contributed by atoms with E-state index in [9.17, 15) is 4.79 Å². The molecule has 0 bridgehead atoms. The minimum absolute atomic E-state index is 0.130. The van der Waals surface area contributed by atoms with Crippen molar-refractivity contribution in [3.05, 3.63) is 33.7 Å². The smallest absolute Gasteiger partial charge is 0.303 e. The van der Waals surface area contributed by atoms with Gasteiger partial charge in [-0.3, -0.25) is 4.79 Å². The first-order valence-electron chi connectivity index (χ1n) is 5.43. The van der Waals surface area contributed by atoms with Gasteiger partial charge in [-0.25, -0.2) is 0 Å². The van der Waals surface area contributed by atoms with Gasteiger partial charge in [0, 0.05) is 11.6 Å². The van der Waals surface area contributed by atoms with Crippen molar-refractivity contribution in [2.24, 2.45) is 10.2 Å². The second-order valence-corrected chi connectivity index (χ2v) is 4.05. The predicted octanol–water partition coefficient (Wildman–Crippen LogP) is 1.35. The summed E-state index contributed by atoms with van der Waals surface area (Å²) >= 11 is 0. The molecule has 1 N–H and O–H groups in total. The fraction of sp³-hybridized carbons (Fsp3) is 0.154. The van der Waals surface area contributed by atoms with Crippen LogP contribution in [-0.4, -0.2) is 11.1 Å². The normalized spacial score (nSPS) is 14.1. The van der Waals surface area contributed by atoms with Crippen LogP contribution in [0.2, 0.25) is 0 Å². The standard InChI is InChI=1S/C13H10N2O2/c16-13(17)5-4-10-9-3-1-2-8(9)6-12-11(10)7-14-15-12/h1-3,6-7H,4-5H2,(H,16,17). The van der Waals surface area contributed by atoms with Crippen molar-refractivity contribution < 1.29 is 9.90 Å². The lowest BCUT2D eigenvalue weighted by Gasteiger charge is -2.06. The minimum atomic E-state index is -0.783. The second kappa shape index (κ2) is 3.66. The highest BCUT2D eigenvalue weighted by Gasteiger charge is 2.13. The van der Waals surface area contributed by atoms with Crippen molar-refractivity contribution in [1.82, 2.24) is 0 Å². The van der Waals surface area contributed by atoms with Crippen molar-refractivity contribution in [3.63, 3.8) is 0 Å². The van der Waals surface area contributed by atoms with Crippen LogP contribution in [0, 0.1) is 0 Å². The van der Waals surface area contributed by atoms with Gasteiger partial charge in [0.05, 0.1) is 11.9 Å². The van der Waals surface area contributed by atoms with Gasteiger partial charge in [0.1, 0.15) is 0 Å². The molecule has 17 heavy (non-hydrogen) atoms. The summed E-state index contributed by atoms with van der Waals surface area (Å²) < 4.78 is 0. The summed E-state index contributed by atoms with van der Waals surface area (Å²) in [5, 5.41) is 18.8. The Labute approximate surface area is 97.3 Å². The molecule has 0 aromatic heterocycles. The lowest BCUT2D eigenvalue weighted by atomic mass is 9.99. The van der Waals surface area contributed by atoms with Gasteiger partial charge in [-0.05, 0) is 28.8 Å². The van der Waals surface area contributed by atoms with E-state index in [0.717, 1.165) is 27.3 Å². The van der Waals surface area contributed by atoms with E-state index in [1.165, 1.54) is 0 Å². The SMILES string of the molecule is O=C(O)CCc1c2c(cc3c1=CN=N3)=CC=C2. The second-order valence-electron chi connectivity index (χ2n) is 4.05. The van der Waals surface area contributed by atoms with Crippen LogP contribution in [0.25, 0.3) is 18.4 Å². The fourth-order valence-electron chi connectivity index (χ4n) is 2.24. The van der Waals surface area contributed by atoms with Crippen LogP contribution in [0.5, 0.6) is 0 Å². The summed E-state index contributed by atoms with van der Waals surface area (Å²) in [6, 6.07) is 1.99. The number of carboxylic acid groups (broad SMARTS) is 1. The van der Waals surface area contributed by atoms with E-state index in [2.05, 4.69) is 10.2 Å². The maximum atomic E-state index is 10.7. The van der Waals surface area contributed by atoms with Crippen LogP contribution >= 0.6 is 0 Å². The topological polar surface area (TPSA) is 62.0 Å². The highest BCUT2D eigenvalue weighted by Crippen LogP contribution is 2.17. The summed E-state index contributed by atoms with van der Waals surface area (Å²) in [7, 11) is 0. The number of nitrogens with zero attached hydrogens (tertiary/aromatic N) is 2.